The van der Waals surface area contributed by atoms with Gasteiger partial charge in [-0.25, -0.2) is 19.6 Å². The first-order valence-electron chi connectivity index (χ1n) is 19.7. The summed E-state index contributed by atoms with van der Waals surface area (Å²) in [7, 11) is 1.27. The molecule has 0 bridgehead atoms. The molecule has 59 heavy (non-hydrogen) atoms. The van der Waals surface area contributed by atoms with Crippen LogP contribution in [0, 0.1) is 35.5 Å². The molecule has 14 nitrogen and oxygen atoms in total. The molecule has 6 rings (SSSR count). The van der Waals surface area contributed by atoms with Crippen molar-refractivity contribution in [2.45, 2.75) is 78.6 Å². The summed E-state index contributed by atoms with van der Waals surface area (Å²) >= 11 is 13.4. The number of aromatic nitrogens is 4. The Morgan fingerprint density at radius 2 is 1.12 bits per heavy atom. The van der Waals surface area contributed by atoms with Crippen molar-refractivity contribution in [3.05, 3.63) is 81.6 Å². The number of rotatable bonds is 10. The number of hydrogen-bond acceptors (Lipinski definition) is 7. The van der Waals surface area contributed by atoms with Crippen LogP contribution in [0.3, 0.4) is 0 Å². The van der Waals surface area contributed by atoms with Crippen LogP contribution in [0.4, 0.5) is 9.59 Å². The highest BCUT2D eigenvalue weighted by Crippen LogP contribution is 2.39. The zero-order valence-corrected chi connectivity index (χ0v) is 35.6. The molecule has 2 aromatic heterocycles. The molecule has 2 saturated heterocycles. The molecule has 0 aliphatic carbocycles. The van der Waals surface area contributed by atoms with Crippen molar-refractivity contribution < 1.29 is 29.0 Å². The Hall–Kier alpha value is -5.52. The third kappa shape index (κ3) is 9.69. The molecular formula is C43H50Cl2N8O6. The number of likely N-dealkylation sites (tertiary alicyclic amines) is 2. The molecule has 4 amide bonds. The van der Waals surface area contributed by atoms with Gasteiger partial charge in [0.05, 0.1) is 19.2 Å². The van der Waals surface area contributed by atoms with Crippen LogP contribution in [0.25, 0.3) is 22.5 Å². The standard InChI is InChI=1S/C43H50Cl2N8O6/c1-22(2)32(48-42(56)57)40(54)52-20-24(5)18-30(52)38-46-34(36(44)50-38)28-14-10-26(11-15-28)8-9-27-12-16-29(17-13-27)35-37(45)51-39(47-35)31-19-25(6)21-53(31)41(55)33(23(3)4)49-43(58)59-7/h10-17,22-25,30-33,48H,18-21H2,1-7H3,(H,46,50)(H,47,51)(H,49,58)(H,56,57)/t24-,25-,30-,31-,32-,33-/m0/s1. The van der Waals surface area contributed by atoms with Crippen molar-refractivity contribution in [2.24, 2.45) is 23.7 Å². The number of hydrogen-bond donors (Lipinski definition) is 5. The Morgan fingerprint density at radius 3 is 1.47 bits per heavy atom. The third-order valence-electron chi connectivity index (χ3n) is 10.8. The Labute approximate surface area is 353 Å². The summed E-state index contributed by atoms with van der Waals surface area (Å²) < 4.78 is 4.76. The van der Waals surface area contributed by atoms with E-state index in [9.17, 15) is 24.3 Å². The maximum absolute atomic E-state index is 13.7. The monoisotopic (exact) mass is 844 g/mol. The van der Waals surface area contributed by atoms with Crippen LogP contribution >= 0.6 is 23.2 Å². The lowest BCUT2D eigenvalue weighted by molar-refractivity contribution is -0.136. The largest absolute Gasteiger partial charge is 0.465 e. The Kier molecular flexibility index (Phi) is 13.3. The van der Waals surface area contributed by atoms with Gasteiger partial charge >= 0.3 is 12.2 Å². The molecule has 5 N–H and O–H groups in total. The van der Waals surface area contributed by atoms with Crippen LogP contribution < -0.4 is 10.6 Å². The minimum atomic E-state index is -1.24. The average molecular weight is 846 g/mol. The number of nitrogens with zero attached hydrogens (tertiary/aromatic N) is 4. The average Bonchev–Trinajstić information content (AvgIpc) is 3.99. The van der Waals surface area contributed by atoms with Crippen LogP contribution in [-0.4, -0.2) is 91.1 Å². The van der Waals surface area contributed by atoms with E-state index in [1.165, 1.54) is 7.11 Å². The highest BCUT2D eigenvalue weighted by Gasteiger charge is 2.42. The molecule has 2 aromatic carbocycles. The molecule has 4 aromatic rings. The summed E-state index contributed by atoms with van der Waals surface area (Å²) in [6, 6.07) is 12.8. The predicted octanol–water partition coefficient (Wildman–Crippen LogP) is 7.67. The number of carbonyl (C=O) groups is 4. The van der Waals surface area contributed by atoms with Gasteiger partial charge in [0.25, 0.3) is 0 Å². The summed E-state index contributed by atoms with van der Waals surface area (Å²) in [5, 5.41) is 15.1. The quantitative estimate of drug-likeness (QED) is 0.101. The maximum Gasteiger partial charge on any atom is 0.407 e. The van der Waals surface area contributed by atoms with E-state index in [0.717, 1.165) is 22.3 Å². The minimum absolute atomic E-state index is 0.153. The number of methoxy groups -OCH3 is 1. The number of carbonyl (C=O) groups excluding carboxylic acids is 3. The number of alkyl carbamates (subject to hydrolysis) is 1. The van der Waals surface area contributed by atoms with Gasteiger partial charge in [-0.3, -0.25) is 9.59 Å². The fourth-order valence-electron chi connectivity index (χ4n) is 7.80. The molecule has 2 aliphatic heterocycles. The molecule has 4 heterocycles. The number of carboxylic acid groups (broad SMARTS) is 1. The molecule has 16 heteroatoms. The van der Waals surface area contributed by atoms with E-state index < -0.39 is 24.3 Å². The normalized spacial score (nSPS) is 20.0. The third-order valence-corrected chi connectivity index (χ3v) is 11.4. The zero-order valence-electron chi connectivity index (χ0n) is 34.1. The second-order valence-corrected chi connectivity index (χ2v) is 17.0. The number of H-pyrrole nitrogens is 2. The Bertz CT molecular complexity index is 2240. The zero-order chi connectivity index (χ0) is 42.7. The van der Waals surface area contributed by atoms with Crippen LogP contribution in [0.5, 0.6) is 0 Å². The van der Waals surface area contributed by atoms with Gasteiger partial charge in [0.1, 0.15) is 45.4 Å². The molecule has 0 unspecified atom stereocenters. The van der Waals surface area contributed by atoms with E-state index in [1.54, 1.807) is 9.80 Å². The highest BCUT2D eigenvalue weighted by molar-refractivity contribution is 6.32. The number of ether oxygens (including phenoxy) is 1. The number of nitrogens with one attached hydrogen (secondary N) is 4. The van der Waals surface area contributed by atoms with Crippen LogP contribution in [0.1, 0.15) is 89.2 Å². The predicted molar refractivity (Wildman–Crippen MR) is 224 cm³/mol. The lowest BCUT2D eigenvalue weighted by Gasteiger charge is -2.30. The van der Waals surface area contributed by atoms with E-state index >= 15 is 0 Å². The SMILES string of the molecule is COC(=O)N[C@H](C(=O)N1C[C@@H](C)C[C@H]1c1nc(-c2ccc(C#Cc3ccc(-c4nc([C@@H]5C[C@H](C)CN5C(=O)[C@@H](NC(=O)O)C(C)C)[nH]c4Cl)cc3)cc2)c(Cl)[nH]1)C(C)C. The van der Waals surface area contributed by atoms with Crippen molar-refractivity contribution >= 4 is 47.2 Å². The summed E-state index contributed by atoms with van der Waals surface area (Å²) in [5.41, 5.74) is 4.24. The smallest absolute Gasteiger partial charge is 0.407 e. The number of aromatic amines is 2. The van der Waals surface area contributed by atoms with E-state index in [-0.39, 0.29) is 47.6 Å². The van der Waals surface area contributed by atoms with Crippen LogP contribution in [0.15, 0.2) is 48.5 Å². The van der Waals surface area contributed by atoms with Gasteiger partial charge in [0, 0.05) is 35.3 Å². The first kappa shape index (κ1) is 43.1. The lowest BCUT2D eigenvalue weighted by Crippen LogP contribution is -2.51. The van der Waals surface area contributed by atoms with Gasteiger partial charge in [-0.2, -0.15) is 0 Å². The second-order valence-electron chi connectivity index (χ2n) is 16.2. The number of benzene rings is 2. The van der Waals surface area contributed by atoms with Crippen molar-refractivity contribution in [2.75, 3.05) is 20.2 Å². The van der Waals surface area contributed by atoms with Crippen LogP contribution in [-0.2, 0) is 14.3 Å². The molecule has 0 saturated carbocycles. The summed E-state index contributed by atoms with van der Waals surface area (Å²) in [6.07, 6.45) is -0.543. The summed E-state index contributed by atoms with van der Waals surface area (Å²) in [6.45, 7) is 12.5. The van der Waals surface area contributed by atoms with Crippen molar-refractivity contribution in [1.82, 2.24) is 40.4 Å². The van der Waals surface area contributed by atoms with Crippen molar-refractivity contribution in [3.63, 3.8) is 0 Å². The van der Waals surface area contributed by atoms with E-state index in [1.807, 2.05) is 83.1 Å². The Balaban J connectivity index is 1.13. The fourth-order valence-corrected chi connectivity index (χ4v) is 8.30. The number of amides is 4. The van der Waals surface area contributed by atoms with Gasteiger partial charge < -0.3 is 40.2 Å². The van der Waals surface area contributed by atoms with Crippen LogP contribution in [0.2, 0.25) is 10.3 Å². The number of halogens is 2. The van der Waals surface area contributed by atoms with Crippen molar-refractivity contribution in [3.8, 4) is 34.4 Å². The molecule has 2 fully saturated rings. The topological polar surface area (TPSA) is 186 Å². The molecular weight excluding hydrogens is 795 g/mol. The van der Waals surface area contributed by atoms with Gasteiger partial charge in [-0.05, 0) is 60.8 Å². The van der Waals surface area contributed by atoms with Crippen molar-refractivity contribution in [1.29, 1.82) is 0 Å². The Morgan fingerprint density at radius 1 is 0.729 bits per heavy atom. The first-order chi connectivity index (χ1) is 28.0. The second kappa shape index (κ2) is 18.2. The molecule has 312 valence electrons. The lowest BCUT2D eigenvalue weighted by atomic mass is 10.0. The van der Waals surface area contributed by atoms with E-state index in [2.05, 4.69) is 39.4 Å². The maximum atomic E-state index is 13.7. The number of imidazole rings is 2. The highest BCUT2D eigenvalue weighted by atomic mass is 35.5. The van der Waals surface area contributed by atoms with E-state index in [4.69, 9.17) is 37.9 Å². The molecule has 6 atom stereocenters. The van der Waals surface area contributed by atoms with Gasteiger partial charge in [0.2, 0.25) is 11.8 Å². The van der Waals surface area contributed by atoms with Gasteiger partial charge in [0.15, 0.2) is 0 Å². The first-order valence-corrected chi connectivity index (χ1v) is 20.5. The molecule has 0 radical (unpaired) electrons. The molecule has 0 spiro atoms. The van der Waals surface area contributed by atoms with Gasteiger partial charge in [-0.1, -0.05) is 101 Å². The fraction of sp³-hybridized carbons (Fsp3) is 0.442. The van der Waals surface area contributed by atoms with Gasteiger partial charge in [-0.15, -0.1) is 0 Å². The summed E-state index contributed by atoms with van der Waals surface area (Å²) in [5.74, 6) is 7.08. The van der Waals surface area contributed by atoms with E-state index in [0.29, 0.717) is 59.3 Å². The summed E-state index contributed by atoms with van der Waals surface area (Å²) in [4.78, 5) is 70.2. The minimum Gasteiger partial charge on any atom is -0.465 e. The molecule has 2 aliphatic rings.